The summed E-state index contributed by atoms with van der Waals surface area (Å²) in [6.45, 7) is 1.98. The molecule has 0 aliphatic carbocycles. The zero-order valence-corrected chi connectivity index (χ0v) is 18.7. The second-order valence-corrected chi connectivity index (χ2v) is 8.33. The van der Waals surface area contributed by atoms with Crippen LogP contribution in [-0.2, 0) is 0 Å². The van der Waals surface area contributed by atoms with Crippen LogP contribution < -0.4 is 0 Å². The molecule has 0 radical (unpaired) electrons. The van der Waals surface area contributed by atoms with Gasteiger partial charge in [-0.3, -0.25) is 0 Å². The van der Waals surface area contributed by atoms with Gasteiger partial charge in [-0.25, -0.2) is 9.67 Å². The van der Waals surface area contributed by atoms with Crippen molar-refractivity contribution in [2.75, 3.05) is 0 Å². The van der Waals surface area contributed by atoms with E-state index in [4.69, 9.17) is 10.1 Å². The second kappa shape index (κ2) is 8.35. The predicted octanol–water partition coefficient (Wildman–Crippen LogP) is 6.83. The highest BCUT2D eigenvalue weighted by atomic mass is 79.9. The molecule has 0 aliphatic heterocycles. The van der Waals surface area contributed by atoms with Crippen molar-refractivity contribution in [3.8, 4) is 22.6 Å². The van der Waals surface area contributed by atoms with E-state index in [1.54, 1.807) is 18.3 Å². The summed E-state index contributed by atoms with van der Waals surface area (Å²) in [6, 6.07) is 23.2. The van der Waals surface area contributed by atoms with E-state index in [2.05, 4.69) is 37.9 Å². The number of hydrogen-bond donors (Lipinski definition) is 1. The van der Waals surface area contributed by atoms with Crippen LogP contribution in [0.5, 0.6) is 5.75 Å². The summed E-state index contributed by atoms with van der Waals surface area (Å²) < 4.78 is 3.69. The average molecular weight is 511 g/mol. The molecule has 3 aromatic carbocycles. The summed E-state index contributed by atoms with van der Waals surface area (Å²) in [6.07, 6.45) is 1.66. The number of para-hydroxylation sites is 1. The monoisotopic (exact) mass is 509 g/mol. The third-order valence-electron chi connectivity index (χ3n) is 4.47. The van der Waals surface area contributed by atoms with Gasteiger partial charge in [0.15, 0.2) is 5.82 Å². The van der Waals surface area contributed by atoms with E-state index in [-0.39, 0.29) is 5.75 Å². The molecule has 0 aliphatic rings. The quantitative estimate of drug-likeness (QED) is 0.306. The maximum atomic E-state index is 10.2. The van der Waals surface area contributed by atoms with E-state index in [1.165, 1.54) is 0 Å². The molecule has 0 fully saturated rings. The van der Waals surface area contributed by atoms with Crippen LogP contribution in [0.3, 0.4) is 0 Å². The summed E-state index contributed by atoms with van der Waals surface area (Å²) in [5.41, 5.74) is 4.38. The molecule has 1 aromatic heterocycles. The molecule has 1 N–H and O–H groups in total. The fraction of sp³-hybridized carbons (Fsp3) is 0.0435. The van der Waals surface area contributed by atoms with Gasteiger partial charge in [0.2, 0.25) is 0 Å². The lowest BCUT2D eigenvalue weighted by Crippen LogP contribution is -1.96. The van der Waals surface area contributed by atoms with Crippen molar-refractivity contribution in [1.82, 2.24) is 9.78 Å². The van der Waals surface area contributed by atoms with Gasteiger partial charge in [0.05, 0.1) is 11.4 Å². The van der Waals surface area contributed by atoms with Gasteiger partial charge in [-0.05, 0) is 55.0 Å². The summed E-state index contributed by atoms with van der Waals surface area (Å²) in [5.74, 6) is 0.870. The van der Waals surface area contributed by atoms with Crippen molar-refractivity contribution >= 4 is 43.9 Å². The van der Waals surface area contributed by atoms with Crippen LogP contribution in [0.2, 0.25) is 0 Å². The highest BCUT2D eigenvalue weighted by Crippen LogP contribution is 2.36. The molecule has 0 amide bonds. The number of phenols is 1. The summed E-state index contributed by atoms with van der Waals surface area (Å²) in [4.78, 5) is 4.76. The topological polar surface area (TPSA) is 50.4 Å². The van der Waals surface area contributed by atoms with Crippen LogP contribution in [0.15, 0.2) is 86.7 Å². The van der Waals surface area contributed by atoms with Crippen LogP contribution in [-0.4, -0.2) is 21.1 Å². The van der Waals surface area contributed by atoms with E-state index < -0.39 is 0 Å². The van der Waals surface area contributed by atoms with E-state index in [1.807, 2.05) is 66.2 Å². The Bertz CT molecular complexity index is 1200. The fourth-order valence-corrected chi connectivity index (χ4v) is 3.90. The minimum atomic E-state index is 0.170. The maximum absolute atomic E-state index is 10.2. The Morgan fingerprint density at radius 3 is 2.45 bits per heavy atom. The van der Waals surface area contributed by atoms with Gasteiger partial charge in [-0.2, -0.15) is 5.10 Å². The molecule has 1 heterocycles. The van der Waals surface area contributed by atoms with Crippen molar-refractivity contribution in [3.05, 3.63) is 93.0 Å². The molecule has 0 saturated carbocycles. The highest BCUT2D eigenvalue weighted by molar-refractivity contribution is 9.10. The highest BCUT2D eigenvalue weighted by Gasteiger charge is 2.18. The number of aromatic hydroxyl groups is 1. The van der Waals surface area contributed by atoms with Crippen molar-refractivity contribution in [2.24, 2.45) is 4.99 Å². The Hall–Kier alpha value is -2.70. The van der Waals surface area contributed by atoms with Gasteiger partial charge in [-0.1, -0.05) is 62.2 Å². The first-order valence-corrected chi connectivity index (χ1v) is 10.5. The number of phenolic OH excluding ortho intramolecular Hbond substituents is 1. The van der Waals surface area contributed by atoms with Gasteiger partial charge in [0.25, 0.3) is 0 Å². The molecule has 4 nitrogen and oxygen atoms in total. The van der Waals surface area contributed by atoms with Crippen LogP contribution >= 0.6 is 31.9 Å². The Morgan fingerprint density at radius 1 is 0.931 bits per heavy atom. The normalized spacial score (nSPS) is 11.3. The molecule has 0 atom stereocenters. The second-order valence-electron chi connectivity index (χ2n) is 6.50. The first kappa shape index (κ1) is 19.6. The van der Waals surface area contributed by atoms with Gasteiger partial charge < -0.3 is 5.11 Å². The molecule has 0 bridgehead atoms. The smallest absolute Gasteiger partial charge is 0.163 e. The Kier molecular flexibility index (Phi) is 5.65. The van der Waals surface area contributed by atoms with Crippen molar-refractivity contribution in [1.29, 1.82) is 0 Å². The summed E-state index contributed by atoms with van der Waals surface area (Å²) in [5, 5.41) is 14.9. The fourth-order valence-electron chi connectivity index (χ4n) is 3.12. The lowest BCUT2D eigenvalue weighted by molar-refractivity contribution is 0.474. The third kappa shape index (κ3) is 4.18. The van der Waals surface area contributed by atoms with Crippen molar-refractivity contribution in [3.63, 3.8) is 0 Å². The van der Waals surface area contributed by atoms with E-state index >= 15 is 0 Å². The van der Waals surface area contributed by atoms with Crippen LogP contribution in [0.1, 0.15) is 11.3 Å². The minimum absolute atomic E-state index is 0.170. The first-order chi connectivity index (χ1) is 14.0. The number of nitrogens with zero attached hydrogens (tertiary/aromatic N) is 3. The zero-order valence-electron chi connectivity index (χ0n) is 15.6. The number of aromatic nitrogens is 2. The molecule has 144 valence electrons. The lowest BCUT2D eigenvalue weighted by atomic mass is 10.1. The minimum Gasteiger partial charge on any atom is -0.507 e. The Labute approximate surface area is 185 Å². The molecule has 6 heteroatoms. The Morgan fingerprint density at radius 2 is 1.69 bits per heavy atom. The van der Waals surface area contributed by atoms with Gasteiger partial charge >= 0.3 is 0 Å². The number of aryl methyl sites for hydroxylation is 1. The molecule has 4 aromatic rings. The van der Waals surface area contributed by atoms with E-state index in [9.17, 15) is 5.11 Å². The van der Waals surface area contributed by atoms with Crippen LogP contribution in [0, 0.1) is 6.92 Å². The Balaban J connectivity index is 1.92. The predicted molar refractivity (Wildman–Crippen MR) is 124 cm³/mol. The van der Waals surface area contributed by atoms with E-state index in [0.29, 0.717) is 11.4 Å². The molecule has 0 saturated heterocycles. The van der Waals surface area contributed by atoms with Crippen molar-refractivity contribution in [2.45, 2.75) is 6.92 Å². The lowest BCUT2D eigenvalue weighted by Gasteiger charge is -2.07. The molecule has 0 spiro atoms. The van der Waals surface area contributed by atoms with Crippen molar-refractivity contribution < 1.29 is 5.11 Å². The van der Waals surface area contributed by atoms with E-state index in [0.717, 1.165) is 31.5 Å². The third-order valence-corrected chi connectivity index (χ3v) is 5.45. The number of hydrogen-bond acceptors (Lipinski definition) is 3. The number of aliphatic imine (C=N–C) groups is 1. The maximum Gasteiger partial charge on any atom is 0.163 e. The SMILES string of the molecule is Cc1nn(-c2ccccc2)c(/N=C/c2cc(Br)ccc2O)c1-c1cccc(Br)c1. The van der Waals surface area contributed by atoms with Gasteiger partial charge in [-0.15, -0.1) is 0 Å². The molecular formula is C23H17Br2N3O. The number of benzene rings is 3. The molecule has 29 heavy (non-hydrogen) atoms. The number of halogens is 2. The van der Waals surface area contributed by atoms with Crippen LogP contribution in [0.25, 0.3) is 16.8 Å². The number of rotatable bonds is 4. The van der Waals surface area contributed by atoms with Crippen LogP contribution in [0.4, 0.5) is 5.82 Å². The largest absolute Gasteiger partial charge is 0.507 e. The molecular weight excluding hydrogens is 494 g/mol. The van der Waals surface area contributed by atoms with Gasteiger partial charge in [0, 0.05) is 26.3 Å². The summed E-state index contributed by atoms with van der Waals surface area (Å²) >= 11 is 6.99. The molecule has 0 unspecified atom stereocenters. The molecule has 4 rings (SSSR count). The summed E-state index contributed by atoms with van der Waals surface area (Å²) in [7, 11) is 0. The van der Waals surface area contributed by atoms with Gasteiger partial charge in [0.1, 0.15) is 5.75 Å². The zero-order chi connectivity index (χ0) is 20.4. The standard InChI is InChI=1S/C23H17Br2N3O/c1-15-22(16-6-5-7-18(24)12-16)23(28(27-15)20-8-3-2-4-9-20)26-14-17-13-19(25)10-11-21(17)29/h2-14,29H,1H3/b26-14+. The average Bonchev–Trinajstić information content (AvgIpc) is 3.05. The first-order valence-electron chi connectivity index (χ1n) is 8.96.